The van der Waals surface area contributed by atoms with Gasteiger partial charge in [-0.15, -0.1) is 0 Å². The molecule has 0 bridgehead atoms. The lowest BCUT2D eigenvalue weighted by molar-refractivity contribution is 0.134. The highest BCUT2D eigenvalue weighted by molar-refractivity contribution is 5.92. The third-order valence-electron chi connectivity index (χ3n) is 3.03. The predicted molar refractivity (Wildman–Crippen MR) is 70.7 cm³/mol. The Hall–Kier alpha value is -2.04. The molecular weight excluding hydrogens is 244 g/mol. The van der Waals surface area contributed by atoms with E-state index >= 15 is 0 Å². The summed E-state index contributed by atoms with van der Waals surface area (Å²) in [5.74, 6) is 0. The molecule has 2 rings (SSSR count). The van der Waals surface area contributed by atoms with E-state index in [1.54, 1.807) is 0 Å². The van der Waals surface area contributed by atoms with E-state index in [0.29, 0.717) is 6.54 Å². The van der Waals surface area contributed by atoms with E-state index in [1.165, 1.54) is 0 Å². The summed E-state index contributed by atoms with van der Waals surface area (Å²) in [5, 5.41) is 2.71. The normalized spacial score (nSPS) is 18.3. The number of carbonyl (C=O) groups excluding carboxylic acids is 2. The first-order valence-electron chi connectivity index (χ1n) is 6.53. The lowest BCUT2D eigenvalue weighted by Crippen LogP contribution is -2.40. The minimum absolute atomic E-state index is 0.265. The third kappa shape index (κ3) is 3.24. The van der Waals surface area contributed by atoms with Crippen molar-refractivity contribution in [2.24, 2.45) is 0 Å². The lowest BCUT2D eigenvalue weighted by Gasteiger charge is -2.12. The van der Waals surface area contributed by atoms with Crippen LogP contribution in [0.5, 0.6) is 0 Å². The number of cyclic esters (lactones) is 1. The number of ether oxygens (including phenoxy) is 1. The second-order valence-electron chi connectivity index (χ2n) is 4.48. The highest BCUT2D eigenvalue weighted by Crippen LogP contribution is 2.25. The molecule has 1 heterocycles. The van der Waals surface area contributed by atoms with Gasteiger partial charge in [-0.1, -0.05) is 43.7 Å². The van der Waals surface area contributed by atoms with Crippen LogP contribution in [0.25, 0.3) is 0 Å². The number of amides is 3. The van der Waals surface area contributed by atoms with Crippen LogP contribution >= 0.6 is 0 Å². The monoisotopic (exact) mass is 262 g/mol. The lowest BCUT2D eigenvalue weighted by atomic mass is 10.1. The molecule has 1 aromatic carbocycles. The van der Waals surface area contributed by atoms with Gasteiger partial charge in [-0.3, -0.25) is 0 Å². The minimum atomic E-state index is -0.581. The fraction of sp³-hybridized carbons (Fsp3) is 0.429. The first kappa shape index (κ1) is 13.4. The number of hydrogen-bond donors (Lipinski definition) is 1. The van der Waals surface area contributed by atoms with Crippen LogP contribution in [-0.4, -0.2) is 30.1 Å². The second kappa shape index (κ2) is 6.22. The van der Waals surface area contributed by atoms with Crippen LogP contribution in [0.2, 0.25) is 0 Å². The number of nitrogens with one attached hydrogen (secondary N) is 1. The van der Waals surface area contributed by atoms with Crippen LogP contribution in [0.4, 0.5) is 9.59 Å². The van der Waals surface area contributed by atoms with Crippen molar-refractivity contribution >= 4 is 12.1 Å². The molecule has 102 valence electrons. The molecule has 5 nitrogen and oxygen atoms in total. The van der Waals surface area contributed by atoms with Crippen LogP contribution < -0.4 is 5.32 Å². The molecule has 1 aliphatic rings. The van der Waals surface area contributed by atoms with Gasteiger partial charge in [0, 0.05) is 6.54 Å². The topological polar surface area (TPSA) is 58.6 Å². The standard InChI is InChI=1S/C14H18N2O3/c1-2-3-9-15-13(17)16-10-12(19-14(16)18)11-7-5-4-6-8-11/h4-8,12H,2-3,9-10H2,1H3,(H,15,17). The molecule has 0 aromatic heterocycles. The van der Waals surface area contributed by atoms with Crippen LogP contribution in [0.15, 0.2) is 30.3 Å². The average Bonchev–Trinajstić information content (AvgIpc) is 2.82. The van der Waals surface area contributed by atoms with Crippen molar-refractivity contribution in [3.05, 3.63) is 35.9 Å². The summed E-state index contributed by atoms with van der Waals surface area (Å²) in [5.41, 5.74) is 0.903. The zero-order valence-corrected chi connectivity index (χ0v) is 11.0. The molecule has 5 heteroatoms. The number of nitrogens with zero attached hydrogens (tertiary/aromatic N) is 1. The Bertz CT molecular complexity index is 447. The van der Waals surface area contributed by atoms with Crippen LogP contribution in [0.3, 0.4) is 0 Å². The molecule has 1 N–H and O–H groups in total. The summed E-state index contributed by atoms with van der Waals surface area (Å²) in [6.07, 6.45) is 0.946. The van der Waals surface area contributed by atoms with E-state index in [1.807, 2.05) is 37.3 Å². The van der Waals surface area contributed by atoms with Gasteiger partial charge in [0.2, 0.25) is 0 Å². The largest absolute Gasteiger partial charge is 0.439 e. The smallest absolute Gasteiger partial charge is 0.418 e. The molecule has 1 unspecified atom stereocenters. The molecule has 0 radical (unpaired) electrons. The summed E-state index contributed by atoms with van der Waals surface area (Å²) < 4.78 is 5.21. The summed E-state index contributed by atoms with van der Waals surface area (Å²) in [4.78, 5) is 24.6. The molecule has 1 atom stereocenters. The van der Waals surface area contributed by atoms with Gasteiger partial charge in [0.1, 0.15) is 6.10 Å². The maximum Gasteiger partial charge on any atom is 0.418 e. The molecule has 1 saturated heterocycles. The molecule has 0 aliphatic carbocycles. The van der Waals surface area contributed by atoms with E-state index in [0.717, 1.165) is 23.3 Å². The first-order valence-corrected chi connectivity index (χ1v) is 6.53. The zero-order chi connectivity index (χ0) is 13.7. The van der Waals surface area contributed by atoms with Gasteiger partial charge in [-0.2, -0.15) is 0 Å². The molecule has 3 amide bonds. The van der Waals surface area contributed by atoms with E-state index in [4.69, 9.17) is 4.74 Å². The van der Waals surface area contributed by atoms with E-state index < -0.39 is 6.09 Å². The number of hydrogen-bond acceptors (Lipinski definition) is 3. The summed E-state index contributed by atoms with van der Waals surface area (Å²) >= 11 is 0. The van der Waals surface area contributed by atoms with E-state index in [-0.39, 0.29) is 18.7 Å². The number of carbonyl (C=O) groups is 2. The fourth-order valence-corrected chi connectivity index (χ4v) is 1.94. The third-order valence-corrected chi connectivity index (χ3v) is 3.03. The second-order valence-corrected chi connectivity index (χ2v) is 4.48. The Labute approximate surface area is 112 Å². The Kier molecular flexibility index (Phi) is 4.39. The summed E-state index contributed by atoms with van der Waals surface area (Å²) in [6.45, 7) is 2.89. The number of rotatable bonds is 4. The van der Waals surface area contributed by atoms with Gasteiger partial charge in [0.25, 0.3) is 0 Å². The van der Waals surface area contributed by atoms with Crippen LogP contribution in [0, 0.1) is 0 Å². The van der Waals surface area contributed by atoms with Crippen LogP contribution in [0.1, 0.15) is 31.4 Å². The Balaban J connectivity index is 1.94. The molecule has 1 aromatic rings. The number of urea groups is 1. The Morgan fingerprint density at radius 3 is 2.84 bits per heavy atom. The molecule has 0 saturated carbocycles. The minimum Gasteiger partial charge on any atom is -0.439 e. The van der Waals surface area contributed by atoms with Crippen LogP contribution in [-0.2, 0) is 4.74 Å². The molecular formula is C14H18N2O3. The fourth-order valence-electron chi connectivity index (χ4n) is 1.94. The first-order chi connectivity index (χ1) is 9.22. The van der Waals surface area contributed by atoms with Gasteiger partial charge in [0.05, 0.1) is 6.54 Å². The quantitative estimate of drug-likeness (QED) is 0.849. The summed E-state index contributed by atoms with van der Waals surface area (Å²) in [7, 11) is 0. The van der Waals surface area contributed by atoms with Gasteiger partial charge < -0.3 is 10.1 Å². The number of imide groups is 1. The molecule has 19 heavy (non-hydrogen) atoms. The number of benzene rings is 1. The predicted octanol–water partition coefficient (Wildman–Crippen LogP) is 2.69. The van der Waals surface area contributed by atoms with Crippen molar-refractivity contribution in [3.63, 3.8) is 0 Å². The van der Waals surface area contributed by atoms with E-state index in [2.05, 4.69) is 5.32 Å². The average molecular weight is 262 g/mol. The zero-order valence-electron chi connectivity index (χ0n) is 11.0. The van der Waals surface area contributed by atoms with Gasteiger partial charge >= 0.3 is 12.1 Å². The van der Waals surface area contributed by atoms with Crippen molar-refractivity contribution in [1.29, 1.82) is 0 Å². The van der Waals surface area contributed by atoms with Crippen molar-refractivity contribution in [2.45, 2.75) is 25.9 Å². The Morgan fingerprint density at radius 2 is 2.16 bits per heavy atom. The van der Waals surface area contributed by atoms with Crippen molar-refractivity contribution < 1.29 is 14.3 Å². The van der Waals surface area contributed by atoms with Gasteiger partial charge in [-0.25, -0.2) is 14.5 Å². The maximum atomic E-state index is 11.8. The van der Waals surface area contributed by atoms with Crippen molar-refractivity contribution in [3.8, 4) is 0 Å². The maximum absolute atomic E-state index is 11.8. The molecule has 1 fully saturated rings. The number of unbranched alkanes of at least 4 members (excludes halogenated alkanes) is 1. The van der Waals surface area contributed by atoms with Crippen molar-refractivity contribution in [1.82, 2.24) is 10.2 Å². The van der Waals surface area contributed by atoms with Gasteiger partial charge in [-0.05, 0) is 12.0 Å². The molecule has 0 spiro atoms. The molecule has 1 aliphatic heterocycles. The van der Waals surface area contributed by atoms with Gasteiger partial charge in [0.15, 0.2) is 0 Å². The van der Waals surface area contributed by atoms with Crippen molar-refractivity contribution in [2.75, 3.05) is 13.1 Å². The SMILES string of the molecule is CCCCNC(=O)N1CC(c2ccccc2)OC1=O. The highest BCUT2D eigenvalue weighted by Gasteiger charge is 2.36. The highest BCUT2D eigenvalue weighted by atomic mass is 16.6. The van der Waals surface area contributed by atoms with E-state index in [9.17, 15) is 9.59 Å². The Morgan fingerprint density at radius 1 is 1.42 bits per heavy atom. The summed E-state index contributed by atoms with van der Waals surface area (Å²) in [6, 6.07) is 9.06.